The lowest BCUT2D eigenvalue weighted by atomic mass is 10.1. The Morgan fingerprint density at radius 1 is 1.48 bits per heavy atom. The first kappa shape index (κ1) is 17.6. The maximum Gasteiger partial charge on any atom is 0.260 e. The average molecular weight is 315 g/mol. The molecule has 118 valence electrons. The first-order valence-corrected chi connectivity index (χ1v) is 7.25. The van der Waals surface area contributed by atoms with Crippen LogP contribution < -0.4 is 15.2 Å². The van der Waals surface area contributed by atoms with Gasteiger partial charge >= 0.3 is 0 Å². The highest BCUT2D eigenvalue weighted by atomic mass is 35.5. The lowest BCUT2D eigenvalue weighted by Crippen LogP contribution is -2.31. The minimum atomic E-state index is -0.115. The van der Waals surface area contributed by atoms with Crippen LogP contribution in [0.5, 0.6) is 11.5 Å². The van der Waals surface area contributed by atoms with Crippen molar-refractivity contribution in [3.63, 3.8) is 0 Å². The van der Waals surface area contributed by atoms with Crippen LogP contribution in [0.25, 0.3) is 0 Å². The number of ether oxygens (including phenoxy) is 2. The van der Waals surface area contributed by atoms with Crippen molar-refractivity contribution in [2.24, 2.45) is 5.73 Å². The van der Waals surface area contributed by atoms with Gasteiger partial charge in [0.05, 0.1) is 12.1 Å². The van der Waals surface area contributed by atoms with Gasteiger partial charge < -0.3 is 20.1 Å². The number of nitrogens with zero attached hydrogens (tertiary/aromatic N) is 1. The summed E-state index contributed by atoms with van der Waals surface area (Å²) in [6.45, 7) is 4.37. The van der Waals surface area contributed by atoms with Crippen molar-refractivity contribution < 1.29 is 14.3 Å². The lowest BCUT2D eigenvalue weighted by molar-refractivity contribution is -0.131. The van der Waals surface area contributed by atoms with E-state index in [1.165, 1.54) is 7.11 Å². The predicted molar refractivity (Wildman–Crippen MR) is 84.2 cm³/mol. The summed E-state index contributed by atoms with van der Waals surface area (Å²) in [6.07, 6.45) is 0.688. The van der Waals surface area contributed by atoms with Crippen LogP contribution in [-0.2, 0) is 11.2 Å². The highest BCUT2D eigenvalue weighted by molar-refractivity contribution is 6.32. The van der Waals surface area contributed by atoms with Crippen molar-refractivity contribution in [2.75, 3.05) is 27.3 Å². The number of hydrogen-bond acceptors (Lipinski definition) is 4. The zero-order valence-corrected chi connectivity index (χ0v) is 13.7. The summed E-state index contributed by atoms with van der Waals surface area (Å²) < 4.78 is 10.8. The number of carbonyl (C=O) groups is 1. The summed E-state index contributed by atoms with van der Waals surface area (Å²) in [6, 6.07) is 3.65. The van der Waals surface area contributed by atoms with Crippen LogP contribution in [0.3, 0.4) is 0 Å². The van der Waals surface area contributed by atoms with Gasteiger partial charge in [0.2, 0.25) is 0 Å². The molecule has 5 nitrogen and oxygen atoms in total. The van der Waals surface area contributed by atoms with Gasteiger partial charge in [0, 0.05) is 19.6 Å². The summed E-state index contributed by atoms with van der Waals surface area (Å²) in [5.74, 6) is 0.769. The van der Waals surface area contributed by atoms with Crippen LogP contribution in [0, 0.1) is 0 Å². The molecule has 1 amide bonds. The average Bonchev–Trinajstić information content (AvgIpc) is 2.43. The number of rotatable bonds is 7. The van der Waals surface area contributed by atoms with E-state index >= 15 is 0 Å². The molecule has 2 N–H and O–H groups in total. The summed E-state index contributed by atoms with van der Waals surface area (Å²) in [5.41, 5.74) is 6.75. The Labute approximate surface area is 131 Å². The summed E-state index contributed by atoms with van der Waals surface area (Å²) >= 11 is 6.22. The van der Waals surface area contributed by atoms with E-state index in [0.29, 0.717) is 29.5 Å². The minimum absolute atomic E-state index is 0.0253. The van der Waals surface area contributed by atoms with Crippen LogP contribution >= 0.6 is 11.6 Å². The third-order valence-electron chi connectivity index (χ3n) is 3.09. The SMILES string of the molecule is CCN(C)C(=O)COc1c(Cl)cc(CC(C)N)cc1OC. The van der Waals surface area contributed by atoms with Gasteiger partial charge in [-0.3, -0.25) is 4.79 Å². The van der Waals surface area contributed by atoms with Gasteiger partial charge in [-0.15, -0.1) is 0 Å². The largest absolute Gasteiger partial charge is 0.493 e. The second-order valence-electron chi connectivity index (χ2n) is 4.99. The molecule has 0 aliphatic heterocycles. The number of benzene rings is 1. The molecular weight excluding hydrogens is 292 g/mol. The fraction of sp³-hybridized carbons (Fsp3) is 0.533. The molecule has 0 fully saturated rings. The van der Waals surface area contributed by atoms with Crippen molar-refractivity contribution in [3.05, 3.63) is 22.7 Å². The number of carbonyl (C=O) groups excluding carboxylic acids is 1. The zero-order valence-electron chi connectivity index (χ0n) is 13.0. The molecule has 1 atom stereocenters. The maximum absolute atomic E-state index is 11.8. The molecule has 1 unspecified atom stereocenters. The Bertz CT molecular complexity index is 492. The van der Waals surface area contributed by atoms with E-state index in [1.807, 2.05) is 19.9 Å². The van der Waals surface area contributed by atoms with Gasteiger partial charge in [-0.25, -0.2) is 0 Å². The Morgan fingerprint density at radius 3 is 2.67 bits per heavy atom. The lowest BCUT2D eigenvalue weighted by Gasteiger charge is -2.17. The highest BCUT2D eigenvalue weighted by Gasteiger charge is 2.15. The number of likely N-dealkylation sites (N-methyl/N-ethyl adjacent to an activating group) is 1. The van der Waals surface area contributed by atoms with Crippen LogP contribution in [0.15, 0.2) is 12.1 Å². The summed E-state index contributed by atoms with van der Waals surface area (Å²) in [4.78, 5) is 13.3. The van der Waals surface area contributed by atoms with Gasteiger partial charge in [0.1, 0.15) is 0 Å². The Kier molecular flexibility index (Phi) is 6.78. The van der Waals surface area contributed by atoms with Crippen LogP contribution in [0.2, 0.25) is 5.02 Å². The van der Waals surface area contributed by atoms with E-state index < -0.39 is 0 Å². The normalized spacial score (nSPS) is 11.9. The Balaban J connectivity index is 2.89. The monoisotopic (exact) mass is 314 g/mol. The number of hydrogen-bond donors (Lipinski definition) is 1. The molecule has 0 aliphatic carbocycles. The first-order chi connectivity index (χ1) is 9.88. The van der Waals surface area contributed by atoms with Crippen LogP contribution in [-0.4, -0.2) is 44.2 Å². The van der Waals surface area contributed by atoms with Crippen molar-refractivity contribution in [1.29, 1.82) is 0 Å². The topological polar surface area (TPSA) is 64.8 Å². The third-order valence-corrected chi connectivity index (χ3v) is 3.37. The maximum atomic E-state index is 11.8. The van der Waals surface area contributed by atoms with Gasteiger partial charge in [-0.1, -0.05) is 11.6 Å². The fourth-order valence-corrected chi connectivity index (χ4v) is 2.11. The molecule has 21 heavy (non-hydrogen) atoms. The molecule has 1 aromatic carbocycles. The number of methoxy groups -OCH3 is 1. The molecule has 0 heterocycles. The second-order valence-corrected chi connectivity index (χ2v) is 5.39. The summed E-state index contributed by atoms with van der Waals surface area (Å²) in [5, 5.41) is 0.414. The molecule has 0 saturated heterocycles. The second kappa shape index (κ2) is 8.10. The number of halogens is 1. The molecule has 1 aromatic rings. The van der Waals surface area contributed by atoms with E-state index in [-0.39, 0.29) is 18.6 Å². The van der Waals surface area contributed by atoms with E-state index in [0.717, 1.165) is 5.56 Å². The molecule has 0 saturated carbocycles. The van der Waals surface area contributed by atoms with E-state index in [2.05, 4.69) is 0 Å². The molecular formula is C15H23ClN2O3. The minimum Gasteiger partial charge on any atom is -0.493 e. The van der Waals surface area contributed by atoms with Gasteiger partial charge in [-0.2, -0.15) is 0 Å². The Morgan fingerprint density at radius 2 is 2.14 bits per heavy atom. The summed E-state index contributed by atoms with van der Waals surface area (Å²) in [7, 11) is 3.25. The molecule has 0 bridgehead atoms. The van der Waals surface area contributed by atoms with E-state index in [9.17, 15) is 4.79 Å². The molecule has 6 heteroatoms. The van der Waals surface area contributed by atoms with Crippen molar-refractivity contribution in [1.82, 2.24) is 4.90 Å². The molecule has 1 rings (SSSR count). The van der Waals surface area contributed by atoms with Crippen LogP contribution in [0.1, 0.15) is 19.4 Å². The van der Waals surface area contributed by atoms with Crippen molar-refractivity contribution >= 4 is 17.5 Å². The zero-order chi connectivity index (χ0) is 16.0. The van der Waals surface area contributed by atoms with Gasteiger partial charge in [0.25, 0.3) is 5.91 Å². The van der Waals surface area contributed by atoms with Gasteiger partial charge in [0.15, 0.2) is 18.1 Å². The standard InChI is InChI=1S/C15H23ClN2O3/c1-5-18(3)14(19)9-21-15-12(16)7-11(6-10(2)17)8-13(15)20-4/h7-8,10H,5-6,9,17H2,1-4H3. The smallest absolute Gasteiger partial charge is 0.260 e. The number of nitrogens with two attached hydrogens (primary N) is 1. The van der Waals surface area contributed by atoms with Crippen molar-refractivity contribution in [2.45, 2.75) is 26.3 Å². The first-order valence-electron chi connectivity index (χ1n) is 6.87. The molecule has 0 aromatic heterocycles. The van der Waals surface area contributed by atoms with Gasteiger partial charge in [-0.05, 0) is 38.0 Å². The van der Waals surface area contributed by atoms with E-state index in [1.54, 1.807) is 18.0 Å². The fourth-order valence-electron chi connectivity index (χ4n) is 1.82. The third kappa shape index (κ3) is 5.10. The predicted octanol–water partition coefficient (Wildman–Crippen LogP) is 2.10. The van der Waals surface area contributed by atoms with Crippen molar-refractivity contribution in [3.8, 4) is 11.5 Å². The Hall–Kier alpha value is -1.46. The molecule has 0 radical (unpaired) electrons. The number of amides is 1. The molecule has 0 aliphatic rings. The molecule has 0 spiro atoms. The highest BCUT2D eigenvalue weighted by Crippen LogP contribution is 2.36. The van der Waals surface area contributed by atoms with E-state index in [4.69, 9.17) is 26.8 Å². The quantitative estimate of drug-likeness (QED) is 0.837. The van der Waals surface area contributed by atoms with Crippen LogP contribution in [0.4, 0.5) is 0 Å².